The fourth-order valence-corrected chi connectivity index (χ4v) is 2.57. The van der Waals surface area contributed by atoms with Crippen molar-refractivity contribution >= 4 is 11.8 Å². The van der Waals surface area contributed by atoms with E-state index in [0.29, 0.717) is 13.0 Å². The van der Waals surface area contributed by atoms with Gasteiger partial charge in [-0.3, -0.25) is 4.90 Å². The van der Waals surface area contributed by atoms with Crippen molar-refractivity contribution in [3.05, 3.63) is 29.3 Å². The molecule has 1 aliphatic heterocycles. The largest absolute Gasteiger partial charge is 0.441 e. The summed E-state index contributed by atoms with van der Waals surface area (Å²) in [6, 6.07) is 5.88. The quantitative estimate of drug-likeness (QED) is 0.809. The van der Waals surface area contributed by atoms with E-state index >= 15 is 0 Å². The normalized spacial score (nSPS) is 16.8. The van der Waals surface area contributed by atoms with Crippen LogP contribution in [0.15, 0.2) is 18.2 Å². The number of anilines is 1. The zero-order valence-corrected chi connectivity index (χ0v) is 14.4. The minimum atomic E-state index is -0.460. The summed E-state index contributed by atoms with van der Waals surface area (Å²) in [6.07, 6.45) is 2.91. The van der Waals surface area contributed by atoms with Crippen LogP contribution in [0, 0.1) is 0 Å². The molecule has 5 nitrogen and oxygen atoms in total. The van der Waals surface area contributed by atoms with Gasteiger partial charge in [0, 0.05) is 12.3 Å². The number of hydrogen-bond acceptors (Lipinski definition) is 4. The molecule has 130 valence electrons. The molecule has 1 atom stereocenters. The van der Waals surface area contributed by atoms with E-state index in [1.807, 2.05) is 32.0 Å². The van der Waals surface area contributed by atoms with E-state index in [9.17, 15) is 9.90 Å². The molecule has 1 heterocycles. The standard InChI is InChI=1S/C16H23NO4.C2H6/c1-2-3-4-12-5-6-14(9-13(12)7-8-18)17-10-15(11-19)21-16(17)20;1-2/h5-6,9,15,18-19H,2-4,7-8,10-11H2,1H3;1-2H3. The summed E-state index contributed by atoms with van der Waals surface area (Å²) in [5, 5.41) is 18.3. The van der Waals surface area contributed by atoms with Crippen molar-refractivity contribution in [2.75, 3.05) is 24.7 Å². The van der Waals surface area contributed by atoms with Crippen LogP contribution in [0.2, 0.25) is 0 Å². The van der Waals surface area contributed by atoms with Gasteiger partial charge in [-0.1, -0.05) is 33.3 Å². The van der Waals surface area contributed by atoms with Crippen molar-refractivity contribution in [3.8, 4) is 0 Å². The zero-order valence-electron chi connectivity index (χ0n) is 14.4. The maximum absolute atomic E-state index is 11.8. The van der Waals surface area contributed by atoms with Gasteiger partial charge < -0.3 is 14.9 Å². The fourth-order valence-electron chi connectivity index (χ4n) is 2.57. The molecule has 1 saturated heterocycles. The van der Waals surface area contributed by atoms with Crippen LogP contribution in [0.25, 0.3) is 0 Å². The van der Waals surface area contributed by atoms with Gasteiger partial charge in [-0.25, -0.2) is 4.79 Å². The molecule has 1 unspecified atom stereocenters. The van der Waals surface area contributed by atoms with Crippen molar-refractivity contribution in [2.45, 2.75) is 52.6 Å². The number of hydrogen-bond donors (Lipinski definition) is 2. The van der Waals surface area contributed by atoms with Gasteiger partial charge in [0.2, 0.25) is 0 Å². The van der Waals surface area contributed by atoms with Gasteiger partial charge in [0.1, 0.15) is 6.10 Å². The van der Waals surface area contributed by atoms with E-state index in [-0.39, 0.29) is 13.2 Å². The number of aliphatic hydroxyl groups excluding tert-OH is 2. The summed E-state index contributed by atoms with van der Waals surface area (Å²) in [6.45, 7) is 6.43. The first-order valence-electron chi connectivity index (χ1n) is 8.51. The molecule has 0 saturated carbocycles. The molecule has 1 fully saturated rings. The SMILES string of the molecule is CC.CCCCc1ccc(N2CC(CO)OC2=O)cc1CCO. The van der Waals surface area contributed by atoms with Crippen LogP contribution in [-0.4, -0.2) is 42.2 Å². The third kappa shape index (κ3) is 5.22. The highest BCUT2D eigenvalue weighted by molar-refractivity contribution is 5.89. The fraction of sp³-hybridized carbons (Fsp3) is 0.611. The van der Waals surface area contributed by atoms with Crippen molar-refractivity contribution in [1.29, 1.82) is 0 Å². The molecule has 1 aromatic rings. The molecule has 1 amide bonds. The topological polar surface area (TPSA) is 70.0 Å². The third-order valence-corrected chi connectivity index (χ3v) is 3.76. The predicted octanol–water partition coefficient (Wildman–Crippen LogP) is 2.91. The minimum absolute atomic E-state index is 0.0896. The Kier molecular flexibility index (Phi) is 8.66. The van der Waals surface area contributed by atoms with Gasteiger partial charge in [0.15, 0.2) is 0 Å². The van der Waals surface area contributed by atoms with Crippen molar-refractivity contribution < 1.29 is 19.7 Å². The monoisotopic (exact) mass is 323 g/mol. The Morgan fingerprint density at radius 1 is 1.22 bits per heavy atom. The molecule has 0 aromatic heterocycles. The maximum Gasteiger partial charge on any atom is 0.414 e. The summed E-state index contributed by atoms with van der Waals surface area (Å²) >= 11 is 0. The Balaban J connectivity index is 0.00000127. The summed E-state index contributed by atoms with van der Waals surface area (Å²) in [5.41, 5.74) is 3.06. The Morgan fingerprint density at radius 2 is 1.96 bits per heavy atom. The molecule has 0 radical (unpaired) electrons. The highest BCUT2D eigenvalue weighted by atomic mass is 16.6. The van der Waals surface area contributed by atoms with Gasteiger partial charge in [0.05, 0.1) is 13.2 Å². The maximum atomic E-state index is 11.8. The molecular weight excluding hydrogens is 294 g/mol. The average Bonchev–Trinajstić information content (AvgIpc) is 2.97. The van der Waals surface area contributed by atoms with E-state index in [2.05, 4.69) is 6.92 Å². The van der Waals surface area contributed by atoms with Crippen LogP contribution in [-0.2, 0) is 17.6 Å². The van der Waals surface area contributed by atoms with E-state index in [4.69, 9.17) is 9.84 Å². The van der Waals surface area contributed by atoms with Gasteiger partial charge in [-0.2, -0.15) is 0 Å². The Morgan fingerprint density at radius 3 is 2.52 bits per heavy atom. The number of carbonyl (C=O) groups excluding carboxylic acids is 1. The second-order valence-corrected chi connectivity index (χ2v) is 5.33. The van der Waals surface area contributed by atoms with Crippen LogP contribution in [0.3, 0.4) is 0 Å². The number of carbonyl (C=O) groups is 1. The smallest absolute Gasteiger partial charge is 0.414 e. The molecule has 1 aliphatic rings. The first-order chi connectivity index (χ1) is 11.2. The minimum Gasteiger partial charge on any atom is -0.441 e. The molecule has 2 rings (SSSR count). The van der Waals surface area contributed by atoms with Gasteiger partial charge in [-0.05, 0) is 42.5 Å². The van der Waals surface area contributed by atoms with E-state index < -0.39 is 12.2 Å². The number of cyclic esters (lactones) is 1. The van der Waals surface area contributed by atoms with E-state index in [1.165, 1.54) is 10.5 Å². The number of amides is 1. The van der Waals surface area contributed by atoms with Crippen LogP contribution in [0.5, 0.6) is 0 Å². The number of aliphatic hydroxyl groups is 2. The lowest BCUT2D eigenvalue weighted by molar-refractivity contribution is 0.0963. The average molecular weight is 323 g/mol. The summed E-state index contributed by atoms with van der Waals surface area (Å²) < 4.78 is 5.06. The summed E-state index contributed by atoms with van der Waals surface area (Å²) in [4.78, 5) is 13.3. The molecule has 1 aromatic carbocycles. The highest BCUT2D eigenvalue weighted by Crippen LogP contribution is 2.25. The molecule has 5 heteroatoms. The Bertz CT molecular complexity index is 490. The third-order valence-electron chi connectivity index (χ3n) is 3.76. The molecular formula is C18H29NO4. The van der Waals surface area contributed by atoms with Crippen LogP contribution in [0.4, 0.5) is 10.5 Å². The number of rotatable bonds is 7. The molecule has 2 N–H and O–H groups in total. The number of benzene rings is 1. The lowest BCUT2D eigenvalue weighted by Crippen LogP contribution is -2.25. The van der Waals surface area contributed by atoms with Crippen molar-refractivity contribution in [3.63, 3.8) is 0 Å². The lowest BCUT2D eigenvalue weighted by Gasteiger charge is -2.16. The molecule has 0 aliphatic carbocycles. The second-order valence-electron chi connectivity index (χ2n) is 5.33. The first kappa shape index (κ1) is 19.5. The highest BCUT2D eigenvalue weighted by Gasteiger charge is 2.31. The zero-order chi connectivity index (χ0) is 17.2. The van der Waals surface area contributed by atoms with E-state index in [1.54, 1.807) is 0 Å². The number of unbranched alkanes of at least 4 members (excludes halogenated alkanes) is 1. The Labute approximate surface area is 138 Å². The predicted molar refractivity (Wildman–Crippen MR) is 91.9 cm³/mol. The van der Waals surface area contributed by atoms with Gasteiger partial charge in [0.25, 0.3) is 0 Å². The summed E-state index contributed by atoms with van der Waals surface area (Å²) in [5.74, 6) is 0. The second kappa shape index (κ2) is 10.2. The number of ether oxygens (including phenoxy) is 1. The lowest BCUT2D eigenvalue weighted by atomic mass is 9.99. The molecule has 0 spiro atoms. The first-order valence-corrected chi connectivity index (χ1v) is 8.51. The Hall–Kier alpha value is -1.59. The number of nitrogens with zero attached hydrogens (tertiary/aromatic N) is 1. The van der Waals surface area contributed by atoms with Crippen LogP contribution in [0.1, 0.15) is 44.7 Å². The number of aryl methyl sites for hydroxylation is 1. The van der Waals surface area contributed by atoms with E-state index in [0.717, 1.165) is 30.5 Å². The molecule has 0 bridgehead atoms. The van der Waals surface area contributed by atoms with Crippen LogP contribution < -0.4 is 4.90 Å². The molecule has 23 heavy (non-hydrogen) atoms. The van der Waals surface area contributed by atoms with Crippen molar-refractivity contribution in [1.82, 2.24) is 0 Å². The van der Waals surface area contributed by atoms with Gasteiger partial charge >= 0.3 is 6.09 Å². The van der Waals surface area contributed by atoms with Crippen LogP contribution >= 0.6 is 0 Å². The summed E-state index contributed by atoms with van der Waals surface area (Å²) in [7, 11) is 0. The van der Waals surface area contributed by atoms with Crippen molar-refractivity contribution in [2.24, 2.45) is 0 Å². The van der Waals surface area contributed by atoms with Gasteiger partial charge in [-0.15, -0.1) is 0 Å².